The molecule has 0 spiro atoms. The summed E-state index contributed by atoms with van der Waals surface area (Å²) < 4.78 is 68.6. The molecule has 0 aromatic heterocycles. The Morgan fingerprint density at radius 3 is 2.63 bits per heavy atom. The Balaban J connectivity index is 1.04. The van der Waals surface area contributed by atoms with Crippen molar-refractivity contribution >= 4 is 58.1 Å². The number of nitrogens with one attached hydrogen (secondary N) is 4. The van der Waals surface area contributed by atoms with Gasteiger partial charge in [0.15, 0.2) is 0 Å². The molecule has 0 bridgehead atoms. The second-order valence-electron chi connectivity index (χ2n) is 16.2. The number of carbonyl (C=O) groups excluding carboxylic acids is 5. The van der Waals surface area contributed by atoms with E-state index in [0.717, 1.165) is 6.07 Å². The minimum Gasteiger partial charge on any atom is -0.444 e. The number of urea groups is 1. The molecule has 4 aliphatic heterocycles. The van der Waals surface area contributed by atoms with E-state index < -0.39 is 99.6 Å². The van der Waals surface area contributed by atoms with Crippen LogP contribution in [0.3, 0.4) is 0 Å². The second-order valence-corrected chi connectivity index (χ2v) is 18.2. The summed E-state index contributed by atoms with van der Waals surface area (Å²) in [7, 11) is -5.30. The summed E-state index contributed by atoms with van der Waals surface area (Å²) >= 11 is 0. The van der Waals surface area contributed by atoms with Gasteiger partial charge in [-0.3, -0.25) is 24.0 Å². The van der Waals surface area contributed by atoms with Gasteiger partial charge in [0.25, 0.3) is 5.91 Å². The van der Waals surface area contributed by atoms with Gasteiger partial charge in [0.05, 0.1) is 30.1 Å². The molecule has 2 aliphatic carbocycles. The van der Waals surface area contributed by atoms with Gasteiger partial charge in [0, 0.05) is 24.4 Å². The Kier molecular flexibility index (Phi) is 10.9. The zero-order valence-corrected chi connectivity index (χ0v) is 33.1. The number of hydrogen-bond donors (Lipinski definition) is 5. The molecule has 16 nitrogen and oxygen atoms in total. The van der Waals surface area contributed by atoms with Crippen LogP contribution in [0.5, 0.6) is 0 Å². The molecule has 2 aromatic carbocycles. The number of allylic oxidation sites excluding steroid dienone is 1. The lowest BCUT2D eigenvalue weighted by atomic mass is 9.79. The quantitative estimate of drug-likeness (QED) is 0.212. The van der Waals surface area contributed by atoms with Crippen LogP contribution in [0.4, 0.5) is 24.1 Å². The number of amides is 6. The molecule has 4 heterocycles. The van der Waals surface area contributed by atoms with E-state index >= 15 is 4.39 Å². The first-order valence-electron chi connectivity index (χ1n) is 19.9. The minimum atomic E-state index is -3.98. The third kappa shape index (κ3) is 8.26. The van der Waals surface area contributed by atoms with Crippen molar-refractivity contribution in [2.24, 2.45) is 5.92 Å². The fourth-order valence-corrected chi connectivity index (χ4v) is 9.86. The largest absolute Gasteiger partial charge is 0.492 e. The number of anilines is 1. The monoisotopic (exact) mass is 838 g/mol. The Morgan fingerprint density at radius 1 is 1.07 bits per heavy atom. The highest BCUT2D eigenvalue weighted by molar-refractivity contribution is 7.91. The fraction of sp³-hybridized carbons (Fsp3) is 0.513. The van der Waals surface area contributed by atoms with Gasteiger partial charge in [0.1, 0.15) is 35.4 Å². The van der Waals surface area contributed by atoms with Gasteiger partial charge in [0.2, 0.25) is 21.8 Å². The molecule has 8 rings (SSSR count). The first-order chi connectivity index (χ1) is 28.1. The van der Waals surface area contributed by atoms with E-state index in [-0.39, 0.29) is 50.0 Å². The highest BCUT2D eigenvalue weighted by atomic mass is 32.2. The maximum Gasteiger partial charge on any atom is 0.492 e. The SMILES string of the molecule is CC1OB(O)c2cc(NC(=O)N[C@H]3CCCCC/C=C\[C@@H]4C[C@@]4(C(=O)NS(=O)(=O)C4CC4)NC(=O)C4C[C@@H](OC(=O)N5Cc6cccc(F)c6C5)CN4C3=O)c(F)cc21. The molecule has 0 radical (unpaired) electrons. The molecule has 5 N–H and O–H groups in total. The van der Waals surface area contributed by atoms with Crippen LogP contribution in [-0.4, -0.2) is 95.7 Å². The highest BCUT2D eigenvalue weighted by Crippen LogP contribution is 2.46. The number of rotatable bonds is 6. The number of carbonyl (C=O) groups is 5. The summed E-state index contributed by atoms with van der Waals surface area (Å²) in [6.07, 6.45) is 4.42. The number of sulfonamides is 1. The molecule has 1 saturated heterocycles. The van der Waals surface area contributed by atoms with Crippen molar-refractivity contribution in [3.8, 4) is 0 Å². The molecule has 3 fully saturated rings. The van der Waals surface area contributed by atoms with Gasteiger partial charge in [-0.1, -0.05) is 37.1 Å². The second kappa shape index (κ2) is 15.8. The molecule has 6 atom stereocenters. The van der Waals surface area contributed by atoms with Crippen molar-refractivity contribution in [3.05, 3.63) is 70.8 Å². The van der Waals surface area contributed by atoms with Crippen LogP contribution in [0, 0.1) is 17.6 Å². The standard InChI is InChI=1S/C39H45BF2N6O10S/c1-21-26-15-30(42)32(16-28(26)40(54)58-21)44-37(52)43-31-11-6-4-2-3-5-9-23-17-39(23,36(51)46-59(55,56)25-12-13-25)45-34(49)33-14-24(19-48(33)35(31)50)57-38(53)47-18-22-8-7-10-29(41)27(22)20-47/h5,7-10,15-16,21,23-25,31,33,54H,2-4,6,11-14,17-20H2,1H3,(H,45,49)(H,46,51)(H2,43,44,52)/b9-5-/t21?,23-,24-,31+,33?,39-/m1/s1. The maximum absolute atomic E-state index is 15.2. The average molecular weight is 839 g/mol. The van der Waals surface area contributed by atoms with Crippen molar-refractivity contribution in [3.63, 3.8) is 0 Å². The van der Waals surface area contributed by atoms with E-state index in [2.05, 4.69) is 20.7 Å². The predicted molar refractivity (Wildman–Crippen MR) is 207 cm³/mol. The fourth-order valence-electron chi connectivity index (χ4n) is 8.50. The summed E-state index contributed by atoms with van der Waals surface area (Å²) in [5.41, 5.74) is -0.235. The van der Waals surface area contributed by atoms with E-state index in [1.165, 1.54) is 28.0 Å². The number of ether oxygens (including phenoxy) is 1. The van der Waals surface area contributed by atoms with Crippen LogP contribution in [0.15, 0.2) is 42.5 Å². The molecule has 59 heavy (non-hydrogen) atoms. The maximum atomic E-state index is 15.2. The number of benzene rings is 2. The zero-order chi connectivity index (χ0) is 41.8. The molecule has 2 aromatic rings. The third-order valence-corrected chi connectivity index (χ3v) is 13.9. The average Bonchev–Trinajstić information content (AvgIpc) is 4.04. The lowest BCUT2D eigenvalue weighted by Gasteiger charge is -2.30. The van der Waals surface area contributed by atoms with Crippen LogP contribution < -0.4 is 26.1 Å². The molecular formula is C39H45BF2N6O10S. The van der Waals surface area contributed by atoms with E-state index in [1.54, 1.807) is 19.1 Å². The normalized spacial score (nSPS) is 28.5. The van der Waals surface area contributed by atoms with Gasteiger partial charge in [-0.2, -0.15) is 0 Å². The predicted octanol–water partition coefficient (Wildman–Crippen LogP) is 2.36. The summed E-state index contributed by atoms with van der Waals surface area (Å²) in [6, 6.07) is 3.41. The Bertz CT molecular complexity index is 2230. The smallest absolute Gasteiger partial charge is 0.444 e. The van der Waals surface area contributed by atoms with Crippen LogP contribution >= 0.6 is 0 Å². The Hall–Kier alpha value is -5.08. The number of fused-ring (bicyclic) bond motifs is 4. The van der Waals surface area contributed by atoms with Gasteiger partial charge in [-0.15, -0.1) is 0 Å². The number of nitrogens with zero attached hydrogens (tertiary/aromatic N) is 2. The molecule has 6 amide bonds. The zero-order valence-electron chi connectivity index (χ0n) is 32.2. The summed E-state index contributed by atoms with van der Waals surface area (Å²) in [6.45, 7) is 1.39. The van der Waals surface area contributed by atoms with Crippen molar-refractivity contribution in [2.75, 3.05) is 11.9 Å². The highest BCUT2D eigenvalue weighted by Gasteiger charge is 2.62. The first-order valence-corrected chi connectivity index (χ1v) is 21.5. The lowest BCUT2D eigenvalue weighted by molar-refractivity contribution is -0.141. The van der Waals surface area contributed by atoms with Crippen molar-refractivity contribution in [2.45, 2.75) is 113 Å². The number of hydrogen-bond acceptors (Lipinski definition) is 10. The first kappa shape index (κ1) is 40.7. The van der Waals surface area contributed by atoms with Crippen LogP contribution in [0.1, 0.15) is 87.5 Å². The van der Waals surface area contributed by atoms with E-state index in [9.17, 15) is 41.8 Å². The van der Waals surface area contributed by atoms with Crippen molar-refractivity contribution in [1.29, 1.82) is 0 Å². The minimum absolute atomic E-state index is 0.0483. The van der Waals surface area contributed by atoms with E-state index in [1.807, 2.05) is 6.08 Å². The molecule has 6 aliphatic rings. The summed E-state index contributed by atoms with van der Waals surface area (Å²) in [5.74, 6) is -4.19. The van der Waals surface area contributed by atoms with Gasteiger partial charge in [-0.25, -0.2) is 26.8 Å². The number of halogens is 2. The Morgan fingerprint density at radius 2 is 1.86 bits per heavy atom. The van der Waals surface area contributed by atoms with Crippen LogP contribution in [0.2, 0.25) is 0 Å². The summed E-state index contributed by atoms with van der Waals surface area (Å²) in [4.78, 5) is 72.0. The molecule has 314 valence electrons. The molecular weight excluding hydrogens is 793 g/mol. The summed E-state index contributed by atoms with van der Waals surface area (Å²) in [5, 5.41) is 17.4. The van der Waals surface area contributed by atoms with Crippen molar-refractivity contribution in [1.82, 2.24) is 25.2 Å². The van der Waals surface area contributed by atoms with Gasteiger partial charge < -0.3 is 35.3 Å². The van der Waals surface area contributed by atoms with E-state index in [0.29, 0.717) is 55.2 Å². The van der Waals surface area contributed by atoms with Crippen molar-refractivity contribution < 1.29 is 55.6 Å². The van der Waals surface area contributed by atoms with E-state index in [4.69, 9.17) is 9.39 Å². The van der Waals surface area contributed by atoms with Gasteiger partial charge >= 0.3 is 19.2 Å². The van der Waals surface area contributed by atoms with Crippen LogP contribution in [-0.2, 0) is 46.9 Å². The topological polar surface area (TPSA) is 213 Å². The van der Waals surface area contributed by atoms with Crippen LogP contribution in [0.25, 0.3) is 0 Å². The lowest BCUT2D eigenvalue weighted by Crippen LogP contribution is -2.58. The molecule has 20 heteroatoms. The molecule has 2 unspecified atom stereocenters. The third-order valence-electron chi connectivity index (χ3n) is 12.1. The Labute approximate surface area is 339 Å². The van der Waals surface area contributed by atoms with Gasteiger partial charge in [-0.05, 0) is 80.2 Å². The molecule has 2 saturated carbocycles.